The number of phenolic OH excluding ortho intramolecular Hbond substituents is 1. The summed E-state index contributed by atoms with van der Waals surface area (Å²) in [5.41, 5.74) is 1.03. The zero-order valence-electron chi connectivity index (χ0n) is 42.5. The van der Waals surface area contributed by atoms with Gasteiger partial charge in [-0.3, -0.25) is 29.5 Å². The Balaban J connectivity index is 0.676. The van der Waals surface area contributed by atoms with Gasteiger partial charge in [0, 0.05) is 94.1 Å². The number of piperazine rings is 1. The lowest BCUT2D eigenvalue weighted by atomic mass is 9.55. The molecule has 3 aromatic carbocycles. The first-order valence-electron chi connectivity index (χ1n) is 26.6. The van der Waals surface area contributed by atoms with Crippen LogP contribution in [-0.2, 0) is 23.1 Å². The van der Waals surface area contributed by atoms with Crippen molar-refractivity contribution in [3.63, 3.8) is 0 Å². The summed E-state index contributed by atoms with van der Waals surface area (Å²) in [4.78, 5) is 47.6. The first kappa shape index (κ1) is 48.8. The van der Waals surface area contributed by atoms with Gasteiger partial charge in [0.25, 0.3) is 0 Å². The van der Waals surface area contributed by atoms with Gasteiger partial charge in [-0.1, -0.05) is 13.0 Å². The van der Waals surface area contributed by atoms with Gasteiger partial charge in [-0.15, -0.1) is 0 Å². The van der Waals surface area contributed by atoms with Crippen LogP contribution in [0, 0.1) is 22.5 Å². The Labute approximate surface area is 428 Å². The summed E-state index contributed by atoms with van der Waals surface area (Å²) in [5.74, 6) is -1.82. The van der Waals surface area contributed by atoms with Crippen molar-refractivity contribution in [1.82, 2.24) is 39.8 Å². The van der Waals surface area contributed by atoms with E-state index in [4.69, 9.17) is 14.8 Å². The molecule has 6 aliphatic rings. The summed E-state index contributed by atoms with van der Waals surface area (Å²) in [5, 5.41) is 31.3. The molecule has 6 fully saturated rings. The van der Waals surface area contributed by atoms with Crippen molar-refractivity contribution in [2.45, 2.75) is 102 Å². The van der Waals surface area contributed by atoms with Gasteiger partial charge in [0.15, 0.2) is 5.82 Å². The number of nitrogens with one attached hydrogen (secondary N) is 1. The molecule has 1 spiro atoms. The number of amides is 2. The van der Waals surface area contributed by atoms with E-state index in [1.54, 1.807) is 13.0 Å². The molecular weight excluding hydrogens is 950 g/mol. The summed E-state index contributed by atoms with van der Waals surface area (Å²) >= 11 is 0. The lowest BCUT2D eigenvalue weighted by molar-refractivity contribution is -0.134. The molecular formula is C56H65F3N10O5. The molecule has 6 aromatic rings. The topological polar surface area (TPSA) is 165 Å². The normalized spacial score (nSPS) is 24.0. The molecule has 7 heterocycles. The molecule has 2 saturated carbocycles. The van der Waals surface area contributed by atoms with E-state index in [1.807, 2.05) is 29.6 Å². The number of ether oxygens (including phenoxy) is 1. The average Bonchev–Trinajstić information content (AvgIpc) is 4.06. The summed E-state index contributed by atoms with van der Waals surface area (Å²) in [6.45, 7) is 11.0. The van der Waals surface area contributed by atoms with Crippen LogP contribution in [0.3, 0.4) is 0 Å². The molecule has 4 saturated heterocycles. The lowest BCUT2D eigenvalue weighted by Crippen LogP contribution is -2.60. The molecule has 0 radical (unpaired) electrons. The number of fused-ring (bicyclic) bond motifs is 3. The number of aliphatic hydroxyl groups is 1. The van der Waals surface area contributed by atoms with Crippen molar-refractivity contribution in [3.8, 4) is 23.0 Å². The van der Waals surface area contributed by atoms with Crippen LogP contribution in [0.1, 0.15) is 95.2 Å². The van der Waals surface area contributed by atoms with E-state index in [2.05, 4.69) is 42.1 Å². The predicted molar refractivity (Wildman–Crippen MR) is 276 cm³/mol. The second-order valence-corrected chi connectivity index (χ2v) is 23.1. The third-order valence-corrected chi connectivity index (χ3v) is 17.4. The monoisotopic (exact) mass is 1010 g/mol. The number of hydrogen-bond donors (Lipinski definition) is 3. The number of aromatic nitrogens is 5. The fourth-order valence-corrected chi connectivity index (χ4v) is 13.4. The van der Waals surface area contributed by atoms with Crippen LogP contribution >= 0.6 is 0 Å². The molecule has 3 N–H and O–H groups in total. The molecule has 15 nitrogen and oxygen atoms in total. The second-order valence-electron chi connectivity index (χ2n) is 23.1. The highest BCUT2D eigenvalue weighted by atomic mass is 19.1. The van der Waals surface area contributed by atoms with Gasteiger partial charge in [-0.2, -0.15) is 15.1 Å². The van der Waals surface area contributed by atoms with Crippen LogP contribution in [0.15, 0.2) is 48.7 Å². The number of aryl methyl sites for hydroxylation is 2. The fraction of sp³-hybridized carbons (Fsp3) is 0.536. The molecule has 74 heavy (non-hydrogen) atoms. The number of nitrogens with zero attached hydrogens (tertiary/aromatic N) is 9. The highest BCUT2D eigenvalue weighted by Crippen LogP contribution is 2.58. The van der Waals surface area contributed by atoms with Crippen LogP contribution in [-0.4, -0.2) is 140 Å². The maximum atomic E-state index is 17.2. The van der Waals surface area contributed by atoms with Crippen molar-refractivity contribution in [2.24, 2.45) is 17.9 Å². The van der Waals surface area contributed by atoms with E-state index in [0.29, 0.717) is 97.9 Å². The second kappa shape index (κ2) is 18.3. The molecule has 3 aromatic heterocycles. The Kier molecular flexibility index (Phi) is 12.1. The number of benzene rings is 3. The minimum atomic E-state index is -1.19. The van der Waals surface area contributed by atoms with Crippen molar-refractivity contribution < 1.29 is 37.7 Å². The van der Waals surface area contributed by atoms with Crippen molar-refractivity contribution >= 4 is 55.9 Å². The number of likely N-dealkylation sites (tertiary alicyclic amines) is 1. The summed E-state index contributed by atoms with van der Waals surface area (Å²) in [6, 6.07) is 12.1. The largest absolute Gasteiger partial charge is 0.508 e. The van der Waals surface area contributed by atoms with Gasteiger partial charge in [-0.05, 0) is 142 Å². The Morgan fingerprint density at radius 2 is 1.65 bits per heavy atom. The van der Waals surface area contributed by atoms with Gasteiger partial charge >= 0.3 is 6.01 Å². The number of pyridine rings is 1. The number of anilines is 2. The van der Waals surface area contributed by atoms with E-state index < -0.39 is 28.8 Å². The van der Waals surface area contributed by atoms with Gasteiger partial charge in [-0.25, -0.2) is 13.2 Å². The maximum Gasteiger partial charge on any atom is 0.319 e. The smallest absolute Gasteiger partial charge is 0.319 e. The molecule has 12 rings (SSSR count). The summed E-state index contributed by atoms with van der Waals surface area (Å²) in [7, 11) is 1.88. The van der Waals surface area contributed by atoms with Crippen molar-refractivity contribution in [2.75, 3.05) is 81.9 Å². The molecule has 4 aliphatic heterocycles. The first-order chi connectivity index (χ1) is 35.5. The third-order valence-electron chi connectivity index (χ3n) is 17.4. The number of phenols is 1. The number of halogens is 3. The van der Waals surface area contributed by atoms with E-state index in [-0.39, 0.29) is 57.7 Å². The van der Waals surface area contributed by atoms with Crippen LogP contribution in [0.25, 0.3) is 43.8 Å². The Morgan fingerprint density at radius 1 is 0.878 bits per heavy atom. The fourth-order valence-electron chi connectivity index (χ4n) is 13.4. The quantitative estimate of drug-likeness (QED) is 0.102. The van der Waals surface area contributed by atoms with Crippen LogP contribution < -0.4 is 19.9 Å². The molecule has 390 valence electrons. The number of aromatic hydroxyl groups is 1. The lowest BCUT2D eigenvalue weighted by Gasteiger charge is -2.57. The Bertz CT molecular complexity index is 3210. The number of alkyl halides is 1. The molecule has 18 heteroatoms. The number of imide groups is 1. The van der Waals surface area contributed by atoms with Gasteiger partial charge in [0.05, 0.1) is 34.7 Å². The van der Waals surface area contributed by atoms with E-state index in [0.717, 1.165) is 88.1 Å². The van der Waals surface area contributed by atoms with Crippen molar-refractivity contribution in [3.05, 3.63) is 71.6 Å². The number of carbonyl (C=O) groups is 2. The zero-order chi connectivity index (χ0) is 51.3. The SMILES string of the molecule is CCc1c(F)ccc2cc(O)cc(-c3ncc4c(N5CCC[C@@](C)(O)C5)nc(OCC5(CN6CCC7(CC6)CC(F)(CN6CCN(c8ccc9c(C%10CCC(=O)NC%10=O)nn(C)c9c8)CC6)C7)CC5)nc4c3F)c12. The first-order valence-corrected chi connectivity index (χ1v) is 26.6. The van der Waals surface area contributed by atoms with E-state index in [9.17, 15) is 19.8 Å². The van der Waals surface area contributed by atoms with Crippen LogP contribution in [0.2, 0.25) is 0 Å². The molecule has 2 atom stereocenters. The summed E-state index contributed by atoms with van der Waals surface area (Å²) in [6.07, 6.45) is 8.99. The number of carbonyl (C=O) groups excluding carboxylic acids is 2. The van der Waals surface area contributed by atoms with Gasteiger partial charge in [0.2, 0.25) is 11.8 Å². The standard InChI is InChI=1S/C56H65F3N10O5/c1-4-37-42(57)10-6-34-24-36(70)26-40(45(34)37)48-46(58)49-41(27-60-48)50(69-17-5-12-53(2,73)30-69)63-52(62-49)74-33-55(13-14-55)31-66-18-15-54(16-19-66)28-56(59,29-54)32-67-20-22-68(23-21-67)35-7-8-38-43(25-35)65(3)64-47(38)39-9-11-44(71)61-51(39)72/h6-8,10,24-27,39,70,73H,4-5,9,11-23,28-33H2,1-3H3,(H,61,71,72)/t39?,53-/m1/s1. The maximum absolute atomic E-state index is 17.2. The molecule has 2 aliphatic carbocycles. The van der Waals surface area contributed by atoms with E-state index in [1.165, 1.54) is 24.4 Å². The van der Waals surface area contributed by atoms with Gasteiger partial charge < -0.3 is 29.6 Å². The summed E-state index contributed by atoms with van der Waals surface area (Å²) < 4.78 is 57.2. The minimum Gasteiger partial charge on any atom is -0.508 e. The number of hydrogen-bond acceptors (Lipinski definition) is 13. The zero-order valence-corrected chi connectivity index (χ0v) is 42.5. The number of β-amino-alcohol motifs (C(OH)–C–C–N with tert-alkyl or cyclic N) is 1. The third kappa shape index (κ3) is 9.07. The number of rotatable bonds is 12. The molecule has 0 bridgehead atoms. The number of piperidine rings is 3. The molecule has 2 amide bonds. The van der Waals surface area contributed by atoms with Crippen LogP contribution in [0.5, 0.6) is 11.8 Å². The minimum absolute atomic E-state index is 0.00684. The average molecular weight is 1020 g/mol. The van der Waals surface area contributed by atoms with Crippen molar-refractivity contribution in [1.29, 1.82) is 0 Å². The highest BCUT2D eigenvalue weighted by Gasteiger charge is 2.57. The van der Waals surface area contributed by atoms with Gasteiger partial charge in [0.1, 0.15) is 34.3 Å². The predicted octanol–water partition coefficient (Wildman–Crippen LogP) is 7.71. The Morgan fingerprint density at radius 3 is 2.38 bits per heavy atom. The van der Waals surface area contributed by atoms with E-state index >= 15 is 13.2 Å². The van der Waals surface area contributed by atoms with Crippen LogP contribution in [0.4, 0.5) is 24.7 Å². The molecule has 1 unspecified atom stereocenters. The highest BCUT2D eigenvalue weighted by molar-refractivity contribution is 6.03. The Hall–Kier alpha value is -6.11.